The summed E-state index contributed by atoms with van der Waals surface area (Å²) in [5.41, 5.74) is 6.42. The van der Waals surface area contributed by atoms with E-state index < -0.39 is 18.2 Å². The van der Waals surface area contributed by atoms with Gasteiger partial charge in [-0.25, -0.2) is 4.79 Å². The van der Waals surface area contributed by atoms with Crippen molar-refractivity contribution in [2.24, 2.45) is 11.7 Å². The first-order valence-corrected chi connectivity index (χ1v) is 12.7. The number of thioether (sulfide) groups is 1. The van der Waals surface area contributed by atoms with Crippen LogP contribution in [-0.4, -0.2) is 76.4 Å². The fraction of sp³-hybridized carbons (Fsp3) is 0.667. The van der Waals surface area contributed by atoms with Crippen molar-refractivity contribution in [3.63, 3.8) is 0 Å². The van der Waals surface area contributed by atoms with Gasteiger partial charge >= 0.3 is 6.09 Å². The van der Waals surface area contributed by atoms with Crippen LogP contribution in [0.5, 0.6) is 0 Å². The number of nitrogens with one attached hydrogen (secondary N) is 2. The molecule has 5 atom stereocenters. The largest absolute Gasteiger partial charge is 0.445 e. The van der Waals surface area contributed by atoms with E-state index >= 15 is 0 Å². The highest BCUT2D eigenvalue weighted by atomic mass is 32.2. The van der Waals surface area contributed by atoms with Crippen molar-refractivity contribution >= 4 is 23.8 Å². The van der Waals surface area contributed by atoms with Crippen LogP contribution in [0.2, 0.25) is 0 Å². The van der Waals surface area contributed by atoms with Crippen molar-refractivity contribution in [2.45, 2.75) is 69.2 Å². The average molecular weight is 479 g/mol. The van der Waals surface area contributed by atoms with Crippen molar-refractivity contribution in [3.05, 3.63) is 35.9 Å². The van der Waals surface area contributed by atoms with Gasteiger partial charge in [0, 0.05) is 30.4 Å². The Morgan fingerprint density at radius 1 is 1.30 bits per heavy atom. The molecule has 3 rings (SSSR count). The van der Waals surface area contributed by atoms with Gasteiger partial charge in [0.25, 0.3) is 0 Å². The number of likely N-dealkylation sites (tertiary alicyclic amines) is 1. The number of hydrogen-bond acceptors (Lipinski definition) is 7. The summed E-state index contributed by atoms with van der Waals surface area (Å²) >= 11 is 1.95. The van der Waals surface area contributed by atoms with Crippen LogP contribution in [0.25, 0.3) is 0 Å². The second-order valence-corrected chi connectivity index (χ2v) is 11.4. The Balaban J connectivity index is 1.59. The van der Waals surface area contributed by atoms with Crippen molar-refractivity contribution in [3.8, 4) is 0 Å². The normalized spacial score (nSPS) is 25.1. The first kappa shape index (κ1) is 25.8. The lowest BCUT2D eigenvalue weighted by Crippen LogP contribution is -2.60. The molecule has 2 saturated heterocycles. The Kier molecular flexibility index (Phi) is 9.03. The number of aliphatic hydroxyl groups excluding tert-OH is 1. The third kappa shape index (κ3) is 7.60. The van der Waals surface area contributed by atoms with Crippen molar-refractivity contribution in [1.29, 1.82) is 0 Å². The third-order valence-electron chi connectivity index (χ3n) is 6.17. The minimum atomic E-state index is -0.921. The lowest BCUT2D eigenvalue weighted by atomic mass is 9.89. The van der Waals surface area contributed by atoms with Gasteiger partial charge in [-0.05, 0) is 50.8 Å². The van der Waals surface area contributed by atoms with E-state index in [9.17, 15) is 14.7 Å². The van der Waals surface area contributed by atoms with Crippen LogP contribution in [0.1, 0.15) is 39.2 Å². The van der Waals surface area contributed by atoms with Crippen LogP contribution in [0.15, 0.2) is 30.3 Å². The van der Waals surface area contributed by atoms with Crippen LogP contribution in [0.3, 0.4) is 0 Å². The second-order valence-electron chi connectivity index (χ2n) is 10.0. The number of amides is 2. The highest BCUT2D eigenvalue weighted by molar-refractivity contribution is 8.00. The van der Waals surface area contributed by atoms with Crippen molar-refractivity contribution < 1.29 is 19.4 Å². The monoisotopic (exact) mass is 478 g/mol. The number of alkyl carbamates (subject to hydrolysis) is 1. The molecule has 0 spiro atoms. The molecule has 0 radical (unpaired) electrons. The molecule has 1 unspecified atom stereocenters. The summed E-state index contributed by atoms with van der Waals surface area (Å²) in [4.78, 5) is 27.4. The van der Waals surface area contributed by atoms with Crippen LogP contribution < -0.4 is 16.4 Å². The molecule has 0 aliphatic carbocycles. The van der Waals surface area contributed by atoms with Gasteiger partial charge in [0.2, 0.25) is 5.91 Å². The molecule has 33 heavy (non-hydrogen) atoms. The molecule has 8 nitrogen and oxygen atoms in total. The zero-order valence-electron chi connectivity index (χ0n) is 19.8. The van der Waals surface area contributed by atoms with Gasteiger partial charge < -0.3 is 26.2 Å². The maximum atomic E-state index is 13.1. The lowest BCUT2D eigenvalue weighted by molar-refractivity contribution is -0.130. The molecule has 9 heteroatoms. The van der Waals surface area contributed by atoms with Crippen LogP contribution in [0, 0.1) is 5.92 Å². The standard InChI is InChI=1S/C24H38N4O4S/c1-24(2,3)27-22(30)19-11-21-17(9-10-33-21)13-28(19)14-20(29)18(12-25)26-23(31)32-15-16-7-5-4-6-8-16/h4-8,17-21,29H,9-15,25H2,1-3H3,(H,26,31)(H,27,30)/t17-,18?,19+,20-,21+/m1/s1. The Bertz CT molecular complexity index is 788. The van der Waals surface area contributed by atoms with Gasteiger partial charge in [-0.15, -0.1) is 0 Å². The molecule has 1 aromatic rings. The van der Waals surface area contributed by atoms with Crippen LogP contribution >= 0.6 is 11.8 Å². The smallest absolute Gasteiger partial charge is 0.407 e. The minimum Gasteiger partial charge on any atom is -0.445 e. The van der Waals surface area contributed by atoms with E-state index in [1.165, 1.54) is 0 Å². The van der Waals surface area contributed by atoms with E-state index in [4.69, 9.17) is 10.5 Å². The number of aliphatic hydroxyl groups is 1. The first-order chi connectivity index (χ1) is 15.7. The van der Waals surface area contributed by atoms with E-state index in [1.807, 2.05) is 62.9 Å². The maximum absolute atomic E-state index is 13.1. The Morgan fingerprint density at radius 2 is 2.03 bits per heavy atom. The molecule has 184 valence electrons. The highest BCUT2D eigenvalue weighted by Gasteiger charge is 2.43. The number of fused-ring (bicyclic) bond motifs is 1. The summed E-state index contributed by atoms with van der Waals surface area (Å²) in [6, 6.07) is 8.41. The van der Waals surface area contributed by atoms with Gasteiger partial charge in [-0.3, -0.25) is 9.69 Å². The topological polar surface area (TPSA) is 117 Å². The van der Waals surface area contributed by atoms with Gasteiger partial charge in [0.15, 0.2) is 0 Å². The quantitative estimate of drug-likeness (QED) is 0.449. The number of rotatable bonds is 8. The van der Waals surface area contributed by atoms with Crippen LogP contribution in [-0.2, 0) is 16.1 Å². The van der Waals surface area contributed by atoms with Crippen molar-refractivity contribution in [1.82, 2.24) is 15.5 Å². The Morgan fingerprint density at radius 3 is 2.70 bits per heavy atom. The second kappa shape index (κ2) is 11.6. The summed E-state index contributed by atoms with van der Waals surface area (Å²) in [6.07, 6.45) is 0.347. The highest BCUT2D eigenvalue weighted by Crippen LogP contribution is 2.40. The summed E-state index contributed by atoms with van der Waals surface area (Å²) in [5, 5.41) is 17.2. The number of hydrogen-bond donors (Lipinski definition) is 4. The zero-order chi connectivity index (χ0) is 24.0. The molecule has 2 heterocycles. The van der Waals surface area contributed by atoms with Gasteiger partial charge in [0.05, 0.1) is 18.2 Å². The molecule has 1 aromatic carbocycles. The Labute approximate surface area is 201 Å². The van der Waals surface area contributed by atoms with Crippen molar-refractivity contribution in [2.75, 3.05) is 25.4 Å². The lowest BCUT2D eigenvalue weighted by Gasteiger charge is -2.42. The number of piperidine rings is 1. The molecular weight excluding hydrogens is 440 g/mol. The Hall–Kier alpha value is -1.81. The molecule has 0 aromatic heterocycles. The molecule has 2 aliphatic rings. The number of nitrogens with zero attached hydrogens (tertiary/aromatic N) is 1. The number of carbonyl (C=O) groups excluding carboxylic acids is 2. The zero-order valence-corrected chi connectivity index (χ0v) is 20.6. The SMILES string of the molecule is CC(C)(C)NC(=O)[C@@H]1C[C@@H]2SCC[C@@H]2CN1C[C@@H](O)C(CN)NC(=O)OCc1ccccc1. The fourth-order valence-electron chi connectivity index (χ4n) is 4.48. The van der Waals surface area contributed by atoms with E-state index in [0.717, 1.165) is 30.7 Å². The molecule has 5 N–H and O–H groups in total. The number of β-amino-alcohol motifs (C(OH)–C–C–N with tert-alkyl or cyclic N) is 1. The number of nitrogens with two attached hydrogens (primary N) is 1. The van der Waals surface area contributed by atoms with E-state index in [-0.39, 0.29) is 37.2 Å². The summed E-state index contributed by atoms with van der Waals surface area (Å²) in [7, 11) is 0. The summed E-state index contributed by atoms with van der Waals surface area (Å²) in [5.74, 6) is 1.61. The molecular formula is C24H38N4O4S. The minimum absolute atomic E-state index is 0.0137. The number of carbonyl (C=O) groups is 2. The fourth-order valence-corrected chi connectivity index (χ4v) is 6.04. The molecule has 2 aliphatic heterocycles. The van der Waals surface area contributed by atoms with E-state index in [0.29, 0.717) is 11.2 Å². The average Bonchev–Trinajstić information content (AvgIpc) is 3.22. The first-order valence-electron chi connectivity index (χ1n) is 11.7. The number of ether oxygens (including phenoxy) is 1. The number of benzene rings is 1. The molecule has 0 saturated carbocycles. The predicted molar refractivity (Wildman–Crippen MR) is 131 cm³/mol. The molecule has 2 amide bonds. The maximum Gasteiger partial charge on any atom is 0.407 e. The summed E-state index contributed by atoms with van der Waals surface area (Å²) in [6.45, 7) is 7.13. The third-order valence-corrected chi connectivity index (χ3v) is 7.65. The van der Waals surface area contributed by atoms with E-state index in [2.05, 4.69) is 15.5 Å². The van der Waals surface area contributed by atoms with Gasteiger partial charge in [-0.2, -0.15) is 11.8 Å². The predicted octanol–water partition coefficient (Wildman–Crippen LogP) is 1.71. The van der Waals surface area contributed by atoms with Gasteiger partial charge in [0.1, 0.15) is 6.61 Å². The van der Waals surface area contributed by atoms with Crippen LogP contribution in [0.4, 0.5) is 4.79 Å². The molecule has 0 bridgehead atoms. The summed E-state index contributed by atoms with van der Waals surface area (Å²) < 4.78 is 5.27. The molecule has 2 fully saturated rings. The van der Waals surface area contributed by atoms with Gasteiger partial charge in [-0.1, -0.05) is 30.3 Å². The van der Waals surface area contributed by atoms with E-state index in [1.54, 1.807) is 0 Å².